The maximum Gasteiger partial charge on any atom is 0.243 e. The van der Waals surface area contributed by atoms with Crippen LogP contribution in [-0.2, 0) is 4.79 Å². The first-order valence-corrected chi connectivity index (χ1v) is 7.26. The molecule has 5 nitrogen and oxygen atoms in total. The minimum atomic E-state index is -0.257. The molecule has 0 saturated carbocycles. The molecule has 0 atom stereocenters. The Bertz CT molecular complexity index is 702. The lowest BCUT2D eigenvalue weighted by molar-refractivity contribution is -0.114. The van der Waals surface area contributed by atoms with Crippen LogP contribution < -0.4 is 20.1 Å². The topological polar surface area (TPSA) is 59.6 Å². The van der Waals surface area contributed by atoms with E-state index in [0.717, 1.165) is 5.69 Å². The van der Waals surface area contributed by atoms with Gasteiger partial charge in [0.25, 0.3) is 0 Å². The smallest absolute Gasteiger partial charge is 0.243 e. The summed E-state index contributed by atoms with van der Waals surface area (Å²) in [6.45, 7) is 0.283. The van der Waals surface area contributed by atoms with Crippen molar-refractivity contribution in [1.29, 1.82) is 0 Å². The highest BCUT2D eigenvalue weighted by Crippen LogP contribution is 2.34. The third-order valence-corrected chi connectivity index (χ3v) is 3.68. The number of carbonyl (C=O) groups excluding carboxylic acids is 1. The number of rotatable bonds is 4. The second-order valence-electron chi connectivity index (χ2n) is 4.57. The largest absolute Gasteiger partial charge is 0.454 e. The molecule has 1 aliphatic rings. The van der Waals surface area contributed by atoms with E-state index in [1.54, 1.807) is 30.3 Å². The number of hydrogen-bond acceptors (Lipinski definition) is 4. The summed E-state index contributed by atoms with van der Waals surface area (Å²) in [5.74, 6) is 1.09. The lowest BCUT2D eigenvalue weighted by Crippen LogP contribution is -2.22. The SMILES string of the molecule is O=C(CNc1ccc2c(c1)OCO2)Nc1c(Cl)cccc1Cl. The molecule has 0 bridgehead atoms. The first kappa shape index (κ1) is 14.8. The summed E-state index contributed by atoms with van der Waals surface area (Å²) in [5, 5.41) is 6.46. The second kappa shape index (κ2) is 6.34. The zero-order valence-electron chi connectivity index (χ0n) is 11.4. The Hall–Kier alpha value is -2.11. The lowest BCUT2D eigenvalue weighted by Gasteiger charge is -2.10. The highest BCUT2D eigenvalue weighted by Gasteiger charge is 2.14. The van der Waals surface area contributed by atoms with E-state index in [2.05, 4.69) is 10.6 Å². The molecule has 2 N–H and O–H groups in total. The number of amides is 1. The van der Waals surface area contributed by atoms with E-state index in [1.807, 2.05) is 6.07 Å². The van der Waals surface area contributed by atoms with E-state index in [0.29, 0.717) is 27.2 Å². The summed E-state index contributed by atoms with van der Waals surface area (Å²) in [7, 11) is 0. The van der Waals surface area contributed by atoms with Crippen molar-refractivity contribution in [3.8, 4) is 11.5 Å². The minimum Gasteiger partial charge on any atom is -0.454 e. The van der Waals surface area contributed by atoms with Crippen LogP contribution in [0.3, 0.4) is 0 Å². The minimum absolute atomic E-state index is 0.0706. The van der Waals surface area contributed by atoms with Gasteiger partial charge in [0.05, 0.1) is 22.3 Å². The van der Waals surface area contributed by atoms with Crippen LogP contribution in [-0.4, -0.2) is 19.2 Å². The number of nitrogens with one attached hydrogen (secondary N) is 2. The molecular weight excluding hydrogens is 327 g/mol. The van der Waals surface area contributed by atoms with Gasteiger partial charge in [-0.3, -0.25) is 4.79 Å². The number of hydrogen-bond donors (Lipinski definition) is 2. The molecule has 7 heteroatoms. The maximum atomic E-state index is 12.0. The van der Waals surface area contributed by atoms with Crippen molar-refractivity contribution in [1.82, 2.24) is 0 Å². The van der Waals surface area contributed by atoms with Crippen molar-refractivity contribution in [3.05, 3.63) is 46.4 Å². The third kappa shape index (κ3) is 3.21. The molecule has 0 radical (unpaired) electrons. The number of halogens is 2. The normalized spacial score (nSPS) is 12.1. The van der Waals surface area contributed by atoms with Gasteiger partial charge in [-0.15, -0.1) is 0 Å². The highest BCUT2D eigenvalue weighted by atomic mass is 35.5. The van der Waals surface area contributed by atoms with Crippen molar-refractivity contribution >= 4 is 40.5 Å². The Labute approximate surface area is 137 Å². The average molecular weight is 339 g/mol. The molecule has 2 aromatic rings. The van der Waals surface area contributed by atoms with Crippen LogP contribution in [0.15, 0.2) is 36.4 Å². The van der Waals surface area contributed by atoms with Crippen molar-refractivity contribution in [3.63, 3.8) is 0 Å². The molecule has 22 heavy (non-hydrogen) atoms. The summed E-state index contributed by atoms with van der Waals surface area (Å²) in [6, 6.07) is 10.4. The van der Waals surface area contributed by atoms with E-state index < -0.39 is 0 Å². The van der Waals surface area contributed by atoms with Crippen LogP contribution >= 0.6 is 23.2 Å². The molecule has 0 aromatic heterocycles. The molecule has 0 spiro atoms. The van der Waals surface area contributed by atoms with Crippen molar-refractivity contribution in [2.45, 2.75) is 0 Å². The van der Waals surface area contributed by atoms with E-state index in [9.17, 15) is 4.79 Å². The first-order valence-electron chi connectivity index (χ1n) is 6.51. The van der Waals surface area contributed by atoms with Crippen LogP contribution in [0.5, 0.6) is 11.5 Å². The summed E-state index contributed by atoms with van der Waals surface area (Å²) in [6.07, 6.45) is 0. The van der Waals surface area contributed by atoms with Crippen LogP contribution in [0.4, 0.5) is 11.4 Å². The van der Waals surface area contributed by atoms with Gasteiger partial charge in [0.1, 0.15) is 0 Å². The Morgan fingerprint density at radius 1 is 1.09 bits per heavy atom. The molecule has 3 rings (SSSR count). The Morgan fingerprint density at radius 2 is 1.82 bits per heavy atom. The predicted molar refractivity (Wildman–Crippen MR) is 86.1 cm³/mol. The number of fused-ring (bicyclic) bond motifs is 1. The number of carbonyl (C=O) groups is 1. The van der Waals surface area contributed by atoms with Gasteiger partial charge >= 0.3 is 0 Å². The Morgan fingerprint density at radius 3 is 2.59 bits per heavy atom. The molecule has 0 unspecified atom stereocenters. The van der Waals surface area contributed by atoms with E-state index in [1.165, 1.54) is 0 Å². The van der Waals surface area contributed by atoms with Crippen LogP contribution in [0, 0.1) is 0 Å². The molecule has 0 aliphatic carbocycles. The van der Waals surface area contributed by atoms with Crippen molar-refractivity contribution in [2.24, 2.45) is 0 Å². The summed E-state index contributed by atoms with van der Waals surface area (Å²) >= 11 is 12.0. The maximum absolute atomic E-state index is 12.0. The average Bonchev–Trinajstić information content (AvgIpc) is 2.96. The standard InChI is InChI=1S/C15H12Cl2N2O3/c16-10-2-1-3-11(17)15(10)19-14(20)7-18-9-4-5-12-13(6-9)22-8-21-12/h1-6,18H,7-8H2,(H,19,20). The number of anilines is 2. The van der Waals surface area contributed by atoms with E-state index in [-0.39, 0.29) is 19.2 Å². The quantitative estimate of drug-likeness (QED) is 0.890. The zero-order valence-corrected chi connectivity index (χ0v) is 12.9. The third-order valence-electron chi connectivity index (χ3n) is 3.05. The van der Waals surface area contributed by atoms with Gasteiger partial charge in [0.2, 0.25) is 12.7 Å². The zero-order chi connectivity index (χ0) is 15.5. The summed E-state index contributed by atoms with van der Waals surface area (Å²) in [5.41, 5.74) is 1.16. The van der Waals surface area contributed by atoms with Gasteiger partial charge in [-0.2, -0.15) is 0 Å². The molecule has 2 aromatic carbocycles. The first-order chi connectivity index (χ1) is 10.6. The van der Waals surface area contributed by atoms with Gasteiger partial charge in [-0.25, -0.2) is 0 Å². The lowest BCUT2D eigenvalue weighted by atomic mass is 10.2. The van der Waals surface area contributed by atoms with Gasteiger partial charge in [-0.1, -0.05) is 29.3 Å². The summed E-state index contributed by atoms with van der Waals surface area (Å²) in [4.78, 5) is 12.0. The molecule has 0 fully saturated rings. The van der Waals surface area contributed by atoms with E-state index in [4.69, 9.17) is 32.7 Å². The number of benzene rings is 2. The molecule has 1 aliphatic heterocycles. The molecular formula is C15H12Cl2N2O3. The van der Waals surface area contributed by atoms with Gasteiger partial charge in [0.15, 0.2) is 11.5 Å². The number of ether oxygens (including phenoxy) is 2. The summed E-state index contributed by atoms with van der Waals surface area (Å²) < 4.78 is 10.5. The van der Waals surface area contributed by atoms with Gasteiger partial charge in [-0.05, 0) is 24.3 Å². The van der Waals surface area contributed by atoms with Crippen molar-refractivity contribution < 1.29 is 14.3 Å². The fourth-order valence-corrected chi connectivity index (χ4v) is 2.48. The van der Waals surface area contributed by atoms with Crippen molar-refractivity contribution in [2.75, 3.05) is 24.0 Å². The van der Waals surface area contributed by atoms with Crippen LogP contribution in [0.2, 0.25) is 10.0 Å². The van der Waals surface area contributed by atoms with E-state index >= 15 is 0 Å². The highest BCUT2D eigenvalue weighted by molar-refractivity contribution is 6.39. The van der Waals surface area contributed by atoms with Gasteiger partial charge < -0.3 is 20.1 Å². The molecule has 1 heterocycles. The van der Waals surface area contributed by atoms with Gasteiger partial charge in [0, 0.05) is 11.8 Å². The Balaban J connectivity index is 1.61. The predicted octanol–water partition coefficient (Wildman–Crippen LogP) is 3.77. The second-order valence-corrected chi connectivity index (χ2v) is 5.38. The Kier molecular flexibility index (Phi) is 4.27. The molecule has 1 amide bonds. The number of para-hydroxylation sites is 1. The fraction of sp³-hybridized carbons (Fsp3) is 0.133. The molecule has 114 valence electrons. The molecule has 0 saturated heterocycles. The monoisotopic (exact) mass is 338 g/mol. The fourth-order valence-electron chi connectivity index (χ4n) is 1.99. The van der Waals surface area contributed by atoms with Crippen LogP contribution in [0.1, 0.15) is 0 Å². The van der Waals surface area contributed by atoms with Crippen LogP contribution in [0.25, 0.3) is 0 Å².